The van der Waals surface area contributed by atoms with Crippen LogP contribution in [0.1, 0.15) is 57.4 Å². The summed E-state index contributed by atoms with van der Waals surface area (Å²) < 4.78 is 0. The molecule has 118 valence electrons. The third kappa shape index (κ3) is 5.55. The number of benzene rings is 2. The highest BCUT2D eigenvalue weighted by Crippen LogP contribution is 2.22. The fourth-order valence-corrected chi connectivity index (χ4v) is 2.80. The first-order chi connectivity index (χ1) is 10.8. The number of phenols is 1. The SMILES string of the molecule is CCCCCCCCCc1ccc(-c2ccc(O)cc2)cc1. The van der Waals surface area contributed by atoms with Crippen molar-refractivity contribution in [1.29, 1.82) is 0 Å². The Labute approximate surface area is 135 Å². The van der Waals surface area contributed by atoms with Gasteiger partial charge in [-0.3, -0.25) is 0 Å². The molecule has 0 amide bonds. The minimum absolute atomic E-state index is 0.319. The maximum absolute atomic E-state index is 9.34. The summed E-state index contributed by atoms with van der Waals surface area (Å²) in [7, 11) is 0. The average molecular weight is 296 g/mol. The number of rotatable bonds is 9. The molecule has 0 aliphatic carbocycles. The third-order valence-electron chi connectivity index (χ3n) is 4.22. The van der Waals surface area contributed by atoms with Crippen LogP contribution in [0.15, 0.2) is 48.5 Å². The van der Waals surface area contributed by atoms with Gasteiger partial charge < -0.3 is 5.11 Å². The van der Waals surface area contributed by atoms with Crippen molar-refractivity contribution < 1.29 is 5.11 Å². The average Bonchev–Trinajstić information content (AvgIpc) is 2.55. The second-order valence-corrected chi connectivity index (χ2v) is 6.12. The van der Waals surface area contributed by atoms with Crippen LogP contribution in [0.4, 0.5) is 0 Å². The van der Waals surface area contributed by atoms with Crippen LogP contribution in [0.3, 0.4) is 0 Å². The topological polar surface area (TPSA) is 20.2 Å². The van der Waals surface area contributed by atoms with E-state index < -0.39 is 0 Å². The van der Waals surface area contributed by atoms with Crippen molar-refractivity contribution in [1.82, 2.24) is 0 Å². The number of unbranched alkanes of at least 4 members (excludes halogenated alkanes) is 6. The standard InChI is InChI=1S/C21H28O/c1-2-3-4-5-6-7-8-9-18-10-12-19(13-11-18)20-14-16-21(22)17-15-20/h10-17,22H,2-9H2,1H3. The lowest BCUT2D eigenvalue weighted by atomic mass is 10.0. The zero-order chi connectivity index (χ0) is 15.6. The van der Waals surface area contributed by atoms with Crippen LogP contribution < -0.4 is 0 Å². The third-order valence-corrected chi connectivity index (χ3v) is 4.22. The van der Waals surface area contributed by atoms with Gasteiger partial charge in [0.15, 0.2) is 0 Å². The summed E-state index contributed by atoms with van der Waals surface area (Å²) in [6.45, 7) is 2.27. The molecule has 0 saturated heterocycles. The molecule has 0 aliphatic rings. The second kappa shape index (κ2) is 9.30. The Morgan fingerprint density at radius 2 is 1.14 bits per heavy atom. The van der Waals surface area contributed by atoms with E-state index in [0.717, 1.165) is 5.56 Å². The number of hydrogen-bond donors (Lipinski definition) is 1. The first-order valence-corrected chi connectivity index (χ1v) is 8.68. The molecule has 0 radical (unpaired) electrons. The van der Waals surface area contributed by atoms with Crippen molar-refractivity contribution in [2.24, 2.45) is 0 Å². The molecule has 1 nitrogen and oxygen atoms in total. The van der Waals surface area contributed by atoms with E-state index in [4.69, 9.17) is 0 Å². The normalized spacial score (nSPS) is 10.8. The van der Waals surface area contributed by atoms with Crippen LogP contribution in [0.5, 0.6) is 5.75 Å². The Bertz CT molecular complexity index is 525. The first kappa shape index (κ1) is 16.6. The summed E-state index contributed by atoms with van der Waals surface area (Å²) in [6, 6.07) is 16.2. The molecule has 0 atom stereocenters. The van der Waals surface area contributed by atoms with Crippen molar-refractivity contribution in [2.75, 3.05) is 0 Å². The van der Waals surface area contributed by atoms with Crippen LogP contribution in [-0.2, 0) is 6.42 Å². The van der Waals surface area contributed by atoms with Crippen molar-refractivity contribution in [2.45, 2.75) is 58.3 Å². The summed E-state index contributed by atoms with van der Waals surface area (Å²) in [4.78, 5) is 0. The van der Waals surface area contributed by atoms with Gasteiger partial charge in [0.05, 0.1) is 0 Å². The molecular weight excluding hydrogens is 268 g/mol. The summed E-state index contributed by atoms with van der Waals surface area (Å²) >= 11 is 0. The lowest BCUT2D eigenvalue weighted by molar-refractivity contribution is 0.475. The van der Waals surface area contributed by atoms with Gasteiger partial charge in [-0.25, -0.2) is 0 Å². The van der Waals surface area contributed by atoms with E-state index in [0.29, 0.717) is 5.75 Å². The van der Waals surface area contributed by atoms with Gasteiger partial charge >= 0.3 is 0 Å². The lowest BCUT2D eigenvalue weighted by Crippen LogP contribution is -1.87. The Morgan fingerprint density at radius 3 is 1.73 bits per heavy atom. The summed E-state index contributed by atoms with van der Waals surface area (Å²) in [5, 5.41) is 9.34. The molecule has 2 rings (SSSR count). The highest BCUT2D eigenvalue weighted by Gasteiger charge is 1.99. The van der Waals surface area contributed by atoms with Gasteiger partial charge in [0.2, 0.25) is 0 Å². The quantitative estimate of drug-likeness (QED) is 0.534. The van der Waals surface area contributed by atoms with E-state index in [2.05, 4.69) is 31.2 Å². The van der Waals surface area contributed by atoms with Gasteiger partial charge in [-0.15, -0.1) is 0 Å². The molecule has 2 aromatic carbocycles. The molecule has 0 saturated carbocycles. The molecule has 0 spiro atoms. The Balaban J connectivity index is 1.74. The molecular formula is C21H28O. The number of aryl methyl sites for hydroxylation is 1. The fourth-order valence-electron chi connectivity index (χ4n) is 2.80. The predicted octanol–water partition coefficient (Wildman–Crippen LogP) is 6.35. The van der Waals surface area contributed by atoms with Gasteiger partial charge in [-0.05, 0) is 41.7 Å². The van der Waals surface area contributed by atoms with Gasteiger partial charge in [0.1, 0.15) is 5.75 Å². The minimum Gasteiger partial charge on any atom is -0.508 e. The van der Waals surface area contributed by atoms with E-state index in [-0.39, 0.29) is 0 Å². The van der Waals surface area contributed by atoms with Crippen molar-refractivity contribution >= 4 is 0 Å². The molecule has 1 heteroatoms. The van der Waals surface area contributed by atoms with Crippen LogP contribution in [-0.4, -0.2) is 5.11 Å². The van der Waals surface area contributed by atoms with Crippen molar-refractivity contribution in [3.8, 4) is 16.9 Å². The highest BCUT2D eigenvalue weighted by atomic mass is 16.3. The van der Waals surface area contributed by atoms with E-state index in [1.165, 1.54) is 62.5 Å². The fraction of sp³-hybridized carbons (Fsp3) is 0.429. The van der Waals surface area contributed by atoms with Gasteiger partial charge in [0.25, 0.3) is 0 Å². The van der Waals surface area contributed by atoms with Crippen LogP contribution >= 0.6 is 0 Å². The smallest absolute Gasteiger partial charge is 0.115 e. The van der Waals surface area contributed by atoms with Crippen molar-refractivity contribution in [3.05, 3.63) is 54.1 Å². The second-order valence-electron chi connectivity index (χ2n) is 6.12. The maximum Gasteiger partial charge on any atom is 0.115 e. The molecule has 2 aromatic rings. The number of phenolic OH excluding ortho intramolecular Hbond substituents is 1. The molecule has 0 fully saturated rings. The zero-order valence-corrected chi connectivity index (χ0v) is 13.7. The molecule has 0 aromatic heterocycles. The minimum atomic E-state index is 0.319. The summed E-state index contributed by atoms with van der Waals surface area (Å²) in [5.74, 6) is 0.319. The number of aromatic hydroxyl groups is 1. The Hall–Kier alpha value is -1.76. The van der Waals surface area contributed by atoms with Gasteiger partial charge in [-0.1, -0.05) is 81.8 Å². The van der Waals surface area contributed by atoms with Crippen LogP contribution in [0.2, 0.25) is 0 Å². The number of hydrogen-bond acceptors (Lipinski definition) is 1. The molecule has 0 unspecified atom stereocenters. The maximum atomic E-state index is 9.34. The van der Waals surface area contributed by atoms with E-state index >= 15 is 0 Å². The van der Waals surface area contributed by atoms with Crippen LogP contribution in [0, 0.1) is 0 Å². The monoisotopic (exact) mass is 296 g/mol. The van der Waals surface area contributed by atoms with Gasteiger partial charge in [-0.2, -0.15) is 0 Å². The van der Waals surface area contributed by atoms with E-state index in [1.807, 2.05) is 12.1 Å². The van der Waals surface area contributed by atoms with Crippen molar-refractivity contribution in [3.63, 3.8) is 0 Å². The summed E-state index contributed by atoms with van der Waals surface area (Å²) in [5.41, 5.74) is 3.79. The van der Waals surface area contributed by atoms with Crippen LogP contribution in [0.25, 0.3) is 11.1 Å². The molecule has 1 N–H and O–H groups in total. The molecule has 0 aliphatic heterocycles. The highest BCUT2D eigenvalue weighted by molar-refractivity contribution is 5.64. The first-order valence-electron chi connectivity index (χ1n) is 8.68. The lowest BCUT2D eigenvalue weighted by Gasteiger charge is -2.05. The Kier molecular flexibility index (Phi) is 7.02. The largest absolute Gasteiger partial charge is 0.508 e. The van der Waals surface area contributed by atoms with Gasteiger partial charge in [0, 0.05) is 0 Å². The van der Waals surface area contributed by atoms with E-state index in [1.54, 1.807) is 12.1 Å². The molecule has 0 bridgehead atoms. The van der Waals surface area contributed by atoms with E-state index in [9.17, 15) is 5.11 Å². The summed E-state index contributed by atoms with van der Waals surface area (Å²) in [6.07, 6.45) is 10.7. The predicted molar refractivity (Wildman–Crippen MR) is 95.2 cm³/mol. The zero-order valence-electron chi connectivity index (χ0n) is 13.7. The molecule has 22 heavy (non-hydrogen) atoms. The molecule has 0 heterocycles. The Morgan fingerprint density at radius 1 is 0.636 bits per heavy atom.